The summed E-state index contributed by atoms with van der Waals surface area (Å²) in [6.07, 6.45) is 5.35. The summed E-state index contributed by atoms with van der Waals surface area (Å²) < 4.78 is 18.3. The number of fused-ring (bicyclic) bond motifs is 4. The fourth-order valence-corrected chi connectivity index (χ4v) is 4.20. The average molecular weight is 363 g/mol. The highest BCUT2D eigenvalue weighted by atomic mass is 16.7. The van der Waals surface area contributed by atoms with Gasteiger partial charge in [-0.15, -0.1) is 0 Å². The van der Waals surface area contributed by atoms with Gasteiger partial charge in [-0.05, 0) is 61.6 Å². The van der Waals surface area contributed by atoms with Crippen molar-refractivity contribution in [2.75, 3.05) is 13.9 Å². The molecule has 1 aliphatic carbocycles. The van der Waals surface area contributed by atoms with Crippen LogP contribution < -0.4 is 14.2 Å². The van der Waals surface area contributed by atoms with Gasteiger partial charge in [0.2, 0.25) is 6.79 Å². The number of carbonyl (C=O) groups excluding carboxylic acids is 1. The molecule has 0 fully saturated rings. The molecule has 0 atom stereocenters. The Morgan fingerprint density at radius 2 is 1.74 bits per heavy atom. The fraction of sp³-hybridized carbons (Fsp3) is 0.318. The number of hydrogen-bond acceptors (Lipinski definition) is 4. The molecule has 2 aromatic carbocycles. The van der Waals surface area contributed by atoms with Gasteiger partial charge in [0.25, 0.3) is 5.91 Å². The molecule has 2 aliphatic rings. The van der Waals surface area contributed by atoms with Crippen molar-refractivity contribution in [1.29, 1.82) is 0 Å². The fourth-order valence-electron chi connectivity index (χ4n) is 4.20. The van der Waals surface area contributed by atoms with Crippen LogP contribution in [-0.4, -0.2) is 24.4 Å². The van der Waals surface area contributed by atoms with Crippen LogP contribution in [0.25, 0.3) is 10.9 Å². The third kappa shape index (κ3) is 2.57. The minimum atomic E-state index is -0.00957. The van der Waals surface area contributed by atoms with Crippen molar-refractivity contribution < 1.29 is 19.0 Å². The molecule has 0 amide bonds. The van der Waals surface area contributed by atoms with Crippen LogP contribution in [0.2, 0.25) is 0 Å². The maximum atomic E-state index is 13.5. The van der Waals surface area contributed by atoms with Gasteiger partial charge >= 0.3 is 0 Å². The van der Waals surface area contributed by atoms with Crippen LogP contribution in [0.4, 0.5) is 0 Å². The van der Waals surface area contributed by atoms with Crippen molar-refractivity contribution in [2.24, 2.45) is 0 Å². The monoisotopic (exact) mass is 363 g/mol. The second kappa shape index (κ2) is 6.34. The lowest BCUT2D eigenvalue weighted by molar-refractivity contribution is 0.0962. The molecule has 27 heavy (non-hydrogen) atoms. The number of aromatic nitrogens is 1. The van der Waals surface area contributed by atoms with Gasteiger partial charge in [-0.2, -0.15) is 0 Å². The summed E-state index contributed by atoms with van der Waals surface area (Å²) >= 11 is 0. The Labute approximate surface area is 157 Å². The van der Waals surface area contributed by atoms with Crippen LogP contribution in [0, 0.1) is 0 Å². The van der Waals surface area contributed by atoms with Crippen molar-refractivity contribution >= 4 is 16.8 Å². The molecule has 0 unspecified atom stereocenters. The largest absolute Gasteiger partial charge is 0.497 e. The van der Waals surface area contributed by atoms with Gasteiger partial charge in [0.05, 0.1) is 12.6 Å². The number of ether oxygens (including phenoxy) is 3. The summed E-state index contributed by atoms with van der Waals surface area (Å²) in [4.78, 5) is 13.5. The molecule has 0 saturated heterocycles. The number of rotatable bonds is 2. The van der Waals surface area contributed by atoms with E-state index in [0.717, 1.165) is 53.8 Å². The number of aryl methyl sites for hydroxylation is 1. The van der Waals surface area contributed by atoms with Gasteiger partial charge in [0, 0.05) is 22.7 Å². The van der Waals surface area contributed by atoms with Crippen LogP contribution in [0.15, 0.2) is 36.4 Å². The SMILES string of the molecule is COc1ccc(C(=O)n2c3c(c4cc5c(cc42)OCO5)CCCCC3)cc1. The zero-order chi connectivity index (χ0) is 18.4. The van der Waals surface area contributed by atoms with Gasteiger partial charge in [0.1, 0.15) is 5.75 Å². The normalized spacial score (nSPS) is 15.4. The lowest BCUT2D eigenvalue weighted by atomic mass is 10.1. The first kappa shape index (κ1) is 16.2. The molecule has 1 aromatic heterocycles. The summed E-state index contributed by atoms with van der Waals surface area (Å²) in [6.45, 7) is 0.233. The minimum Gasteiger partial charge on any atom is -0.497 e. The van der Waals surface area contributed by atoms with Crippen molar-refractivity contribution in [2.45, 2.75) is 32.1 Å². The second-order valence-electron chi connectivity index (χ2n) is 7.08. The number of methoxy groups -OCH3 is 1. The van der Waals surface area contributed by atoms with E-state index in [-0.39, 0.29) is 12.7 Å². The predicted octanol–water partition coefficient (Wildman–Crippen LogP) is 4.34. The molecule has 3 aromatic rings. The molecule has 138 valence electrons. The number of nitrogens with zero attached hydrogens (tertiary/aromatic N) is 1. The Bertz CT molecular complexity index is 1030. The van der Waals surface area contributed by atoms with Gasteiger partial charge in [-0.1, -0.05) is 6.42 Å². The van der Waals surface area contributed by atoms with Crippen molar-refractivity contribution in [3.8, 4) is 17.2 Å². The lowest BCUT2D eigenvalue weighted by Gasteiger charge is -2.10. The Morgan fingerprint density at radius 1 is 1.00 bits per heavy atom. The smallest absolute Gasteiger partial charge is 0.262 e. The van der Waals surface area contributed by atoms with E-state index in [1.807, 2.05) is 41.0 Å². The third-order valence-electron chi connectivity index (χ3n) is 5.56. The van der Waals surface area contributed by atoms with Crippen molar-refractivity contribution in [3.63, 3.8) is 0 Å². The first-order valence-electron chi connectivity index (χ1n) is 9.41. The molecule has 0 N–H and O–H groups in total. The minimum absolute atomic E-state index is 0.00957. The van der Waals surface area contributed by atoms with Crippen LogP contribution >= 0.6 is 0 Å². The van der Waals surface area contributed by atoms with E-state index in [4.69, 9.17) is 14.2 Å². The first-order chi connectivity index (χ1) is 13.3. The Balaban J connectivity index is 1.72. The highest BCUT2D eigenvalue weighted by molar-refractivity contribution is 6.05. The topological polar surface area (TPSA) is 49.7 Å². The Hall–Kier alpha value is -2.95. The standard InChI is InChI=1S/C22H21NO4/c1-25-15-9-7-14(8-10-15)22(24)23-18-6-4-2-3-5-16(18)17-11-20-21(12-19(17)23)27-13-26-20/h7-12H,2-6,13H2,1H3. The molecular formula is C22H21NO4. The molecule has 0 spiro atoms. The maximum Gasteiger partial charge on any atom is 0.262 e. The number of benzene rings is 2. The van der Waals surface area contributed by atoms with Crippen molar-refractivity contribution in [1.82, 2.24) is 4.57 Å². The maximum absolute atomic E-state index is 13.5. The molecule has 1 aliphatic heterocycles. The van der Waals surface area contributed by atoms with Crippen LogP contribution in [-0.2, 0) is 12.8 Å². The molecule has 0 radical (unpaired) electrons. The molecule has 5 rings (SSSR count). The van der Waals surface area contributed by atoms with E-state index < -0.39 is 0 Å². The van der Waals surface area contributed by atoms with Gasteiger partial charge in [-0.3, -0.25) is 9.36 Å². The van der Waals surface area contributed by atoms with Crippen LogP contribution in [0.3, 0.4) is 0 Å². The molecular weight excluding hydrogens is 342 g/mol. The van der Waals surface area contributed by atoms with Crippen LogP contribution in [0.1, 0.15) is 40.9 Å². The number of hydrogen-bond donors (Lipinski definition) is 0. The quantitative estimate of drug-likeness (QED) is 0.636. The average Bonchev–Trinajstić information content (AvgIpc) is 3.18. The van der Waals surface area contributed by atoms with E-state index in [0.29, 0.717) is 11.3 Å². The predicted molar refractivity (Wildman–Crippen MR) is 102 cm³/mol. The Morgan fingerprint density at radius 3 is 2.52 bits per heavy atom. The zero-order valence-corrected chi connectivity index (χ0v) is 15.3. The first-order valence-corrected chi connectivity index (χ1v) is 9.41. The molecule has 5 nitrogen and oxygen atoms in total. The van der Waals surface area contributed by atoms with E-state index in [1.165, 1.54) is 12.0 Å². The highest BCUT2D eigenvalue weighted by Crippen LogP contribution is 2.41. The van der Waals surface area contributed by atoms with E-state index in [9.17, 15) is 4.79 Å². The summed E-state index contributed by atoms with van der Waals surface area (Å²) in [5.74, 6) is 2.21. The van der Waals surface area contributed by atoms with Gasteiger partial charge < -0.3 is 14.2 Å². The van der Waals surface area contributed by atoms with E-state index >= 15 is 0 Å². The van der Waals surface area contributed by atoms with E-state index in [1.54, 1.807) is 7.11 Å². The summed E-state index contributed by atoms with van der Waals surface area (Å²) in [5.41, 5.74) is 3.97. The summed E-state index contributed by atoms with van der Waals surface area (Å²) in [6, 6.07) is 11.3. The highest BCUT2D eigenvalue weighted by Gasteiger charge is 2.26. The number of carbonyl (C=O) groups is 1. The summed E-state index contributed by atoms with van der Waals surface area (Å²) in [7, 11) is 1.62. The molecule has 5 heteroatoms. The van der Waals surface area contributed by atoms with Crippen molar-refractivity contribution in [3.05, 3.63) is 53.2 Å². The summed E-state index contributed by atoms with van der Waals surface area (Å²) in [5, 5.41) is 1.11. The van der Waals surface area contributed by atoms with Crippen LogP contribution in [0.5, 0.6) is 17.2 Å². The third-order valence-corrected chi connectivity index (χ3v) is 5.56. The van der Waals surface area contributed by atoms with E-state index in [2.05, 4.69) is 0 Å². The molecule has 2 heterocycles. The zero-order valence-electron chi connectivity index (χ0n) is 15.3. The second-order valence-corrected chi connectivity index (χ2v) is 7.08. The molecule has 0 bridgehead atoms. The molecule has 0 saturated carbocycles. The van der Waals surface area contributed by atoms with Gasteiger partial charge in [0.15, 0.2) is 11.5 Å². The Kier molecular flexibility index (Phi) is 3.81. The van der Waals surface area contributed by atoms with Gasteiger partial charge in [-0.25, -0.2) is 0 Å². The lowest BCUT2D eigenvalue weighted by Crippen LogP contribution is -2.15.